The molecule has 0 aliphatic heterocycles. The number of hydrogen-bond acceptors (Lipinski definition) is 0. The van der Waals surface area contributed by atoms with Crippen molar-refractivity contribution in [2.75, 3.05) is 0 Å². The maximum absolute atomic E-state index is 2.41. The summed E-state index contributed by atoms with van der Waals surface area (Å²) >= 11 is 0. The molecule has 0 bridgehead atoms. The van der Waals surface area contributed by atoms with E-state index in [4.69, 9.17) is 0 Å². The molecule has 0 amide bonds. The largest absolute Gasteiger partial charge is 0.0654 e. The van der Waals surface area contributed by atoms with Gasteiger partial charge in [0.1, 0.15) is 0 Å². The summed E-state index contributed by atoms with van der Waals surface area (Å²) in [6, 6.07) is 11.4. The molecule has 0 unspecified atom stereocenters. The molecule has 0 nitrogen and oxygen atoms in total. The normalized spacial score (nSPS) is 13.3. The van der Waals surface area contributed by atoms with Crippen molar-refractivity contribution in [1.29, 1.82) is 0 Å². The smallest absolute Gasteiger partial charge is 0.00551 e. The standard InChI is InChI=1S/C20H22/c1-5-16-11-19-15(4)6-7-18(20(19)12-16)17-9-13(2)8-14(3)10-17/h6-10,12H,5,11H2,1-4H3. The van der Waals surface area contributed by atoms with Gasteiger partial charge in [-0.15, -0.1) is 0 Å². The summed E-state index contributed by atoms with van der Waals surface area (Å²) in [6.07, 6.45) is 4.70. The second-order valence-corrected chi connectivity index (χ2v) is 6.03. The van der Waals surface area contributed by atoms with Crippen LogP contribution in [0, 0.1) is 20.8 Å². The molecule has 0 radical (unpaired) electrons. The number of benzene rings is 2. The molecule has 0 heterocycles. The van der Waals surface area contributed by atoms with E-state index in [1.54, 1.807) is 5.57 Å². The van der Waals surface area contributed by atoms with Crippen molar-refractivity contribution < 1.29 is 0 Å². The fraction of sp³-hybridized carbons (Fsp3) is 0.300. The molecule has 0 N–H and O–H groups in total. The van der Waals surface area contributed by atoms with Crippen molar-refractivity contribution in [1.82, 2.24) is 0 Å². The molecule has 2 aromatic carbocycles. The third-order valence-electron chi connectivity index (χ3n) is 4.33. The van der Waals surface area contributed by atoms with Gasteiger partial charge in [0.25, 0.3) is 0 Å². The molecule has 0 fully saturated rings. The summed E-state index contributed by atoms with van der Waals surface area (Å²) < 4.78 is 0. The van der Waals surface area contributed by atoms with Crippen molar-refractivity contribution in [3.8, 4) is 11.1 Å². The van der Waals surface area contributed by atoms with Gasteiger partial charge in [0.15, 0.2) is 0 Å². The van der Waals surface area contributed by atoms with Crippen LogP contribution in [0.5, 0.6) is 0 Å². The van der Waals surface area contributed by atoms with Crippen molar-refractivity contribution in [2.45, 2.75) is 40.5 Å². The van der Waals surface area contributed by atoms with E-state index in [1.165, 1.54) is 38.9 Å². The molecule has 1 aliphatic rings. The molecule has 0 spiro atoms. The molecule has 2 aromatic rings. The fourth-order valence-electron chi connectivity index (χ4n) is 3.26. The first-order valence-corrected chi connectivity index (χ1v) is 7.49. The predicted octanol–water partition coefficient (Wildman–Crippen LogP) is 5.63. The minimum absolute atomic E-state index is 1.14. The Morgan fingerprint density at radius 3 is 2.30 bits per heavy atom. The van der Waals surface area contributed by atoms with Crippen LogP contribution in [-0.4, -0.2) is 0 Å². The Bertz CT molecular complexity index is 682. The average Bonchev–Trinajstić information content (AvgIpc) is 2.83. The summed E-state index contributed by atoms with van der Waals surface area (Å²) in [7, 11) is 0. The number of rotatable bonds is 2. The quantitative estimate of drug-likeness (QED) is 0.658. The van der Waals surface area contributed by atoms with E-state index in [0.29, 0.717) is 0 Å². The molecule has 1 aliphatic carbocycles. The molecule has 0 aromatic heterocycles. The molecule has 20 heavy (non-hydrogen) atoms. The number of hydrogen-bond donors (Lipinski definition) is 0. The first kappa shape index (κ1) is 13.2. The molecule has 0 atom stereocenters. The molecular weight excluding hydrogens is 240 g/mol. The van der Waals surface area contributed by atoms with Crippen LogP contribution in [0.3, 0.4) is 0 Å². The third kappa shape index (κ3) is 2.20. The SMILES string of the molecule is CCC1=Cc2c(-c3cc(C)cc(C)c3)ccc(C)c2C1. The van der Waals surface area contributed by atoms with Crippen LogP contribution < -0.4 is 0 Å². The molecule has 0 heteroatoms. The lowest BCUT2D eigenvalue weighted by Gasteiger charge is -2.12. The zero-order chi connectivity index (χ0) is 14.3. The van der Waals surface area contributed by atoms with Crippen LogP contribution in [-0.2, 0) is 6.42 Å². The highest BCUT2D eigenvalue weighted by Crippen LogP contribution is 2.37. The van der Waals surface area contributed by atoms with Crippen molar-refractivity contribution in [2.24, 2.45) is 0 Å². The van der Waals surface area contributed by atoms with Gasteiger partial charge in [-0.3, -0.25) is 0 Å². The second-order valence-electron chi connectivity index (χ2n) is 6.03. The van der Waals surface area contributed by atoms with Crippen LogP contribution in [0.25, 0.3) is 17.2 Å². The lowest BCUT2D eigenvalue weighted by molar-refractivity contribution is 1.03. The molecule has 0 saturated heterocycles. The van der Waals surface area contributed by atoms with Crippen LogP contribution in [0.2, 0.25) is 0 Å². The maximum Gasteiger partial charge on any atom is -0.00551 e. The van der Waals surface area contributed by atoms with E-state index in [-0.39, 0.29) is 0 Å². The van der Waals surface area contributed by atoms with E-state index in [9.17, 15) is 0 Å². The highest BCUT2D eigenvalue weighted by atomic mass is 14.2. The van der Waals surface area contributed by atoms with Gasteiger partial charge < -0.3 is 0 Å². The van der Waals surface area contributed by atoms with Crippen molar-refractivity contribution in [3.05, 3.63) is 63.7 Å². The maximum atomic E-state index is 2.41. The number of aryl methyl sites for hydroxylation is 3. The molecule has 102 valence electrons. The molecule has 0 saturated carbocycles. The number of fused-ring (bicyclic) bond motifs is 1. The fourth-order valence-corrected chi connectivity index (χ4v) is 3.26. The highest BCUT2D eigenvalue weighted by Gasteiger charge is 2.18. The zero-order valence-electron chi connectivity index (χ0n) is 12.9. The average molecular weight is 262 g/mol. The van der Waals surface area contributed by atoms with Gasteiger partial charge in [-0.2, -0.15) is 0 Å². The lowest BCUT2D eigenvalue weighted by Crippen LogP contribution is -1.93. The van der Waals surface area contributed by atoms with E-state index in [0.717, 1.165) is 12.8 Å². The summed E-state index contributed by atoms with van der Waals surface area (Å²) in [4.78, 5) is 0. The monoisotopic (exact) mass is 262 g/mol. The van der Waals surface area contributed by atoms with Crippen molar-refractivity contribution >= 4 is 6.08 Å². The Morgan fingerprint density at radius 1 is 0.950 bits per heavy atom. The summed E-state index contributed by atoms with van der Waals surface area (Å²) in [5.74, 6) is 0. The topological polar surface area (TPSA) is 0 Å². The van der Waals surface area contributed by atoms with Gasteiger partial charge in [0, 0.05) is 0 Å². The van der Waals surface area contributed by atoms with Crippen molar-refractivity contribution in [3.63, 3.8) is 0 Å². The molecular formula is C20H22. The van der Waals surface area contributed by atoms with Crippen LogP contribution in [0.15, 0.2) is 35.9 Å². The Labute approximate surface area is 122 Å². The third-order valence-corrected chi connectivity index (χ3v) is 4.33. The minimum Gasteiger partial charge on any atom is -0.0654 e. The first-order chi connectivity index (χ1) is 9.58. The highest BCUT2D eigenvalue weighted by molar-refractivity contribution is 5.82. The summed E-state index contributed by atoms with van der Waals surface area (Å²) in [5, 5.41) is 0. The number of allylic oxidation sites excluding steroid dienone is 1. The van der Waals surface area contributed by atoms with Gasteiger partial charge >= 0.3 is 0 Å². The second kappa shape index (κ2) is 4.94. The van der Waals surface area contributed by atoms with E-state index in [1.807, 2.05) is 0 Å². The first-order valence-electron chi connectivity index (χ1n) is 7.49. The Kier molecular flexibility index (Phi) is 3.25. The Morgan fingerprint density at radius 2 is 1.65 bits per heavy atom. The van der Waals surface area contributed by atoms with E-state index in [2.05, 4.69) is 64.1 Å². The minimum atomic E-state index is 1.14. The van der Waals surface area contributed by atoms with E-state index >= 15 is 0 Å². The molecule has 3 rings (SSSR count). The van der Waals surface area contributed by atoms with Crippen LogP contribution in [0.4, 0.5) is 0 Å². The summed E-state index contributed by atoms with van der Waals surface area (Å²) in [5.41, 5.74) is 11.4. The Hall–Kier alpha value is -1.82. The zero-order valence-corrected chi connectivity index (χ0v) is 12.9. The van der Waals surface area contributed by atoms with Gasteiger partial charge in [0.05, 0.1) is 0 Å². The summed E-state index contributed by atoms with van der Waals surface area (Å²) in [6.45, 7) is 8.84. The predicted molar refractivity (Wildman–Crippen MR) is 88.1 cm³/mol. The van der Waals surface area contributed by atoms with Crippen LogP contribution >= 0.6 is 0 Å². The van der Waals surface area contributed by atoms with Gasteiger partial charge in [-0.25, -0.2) is 0 Å². The lowest BCUT2D eigenvalue weighted by atomic mass is 9.92. The van der Waals surface area contributed by atoms with Gasteiger partial charge in [0.2, 0.25) is 0 Å². The van der Waals surface area contributed by atoms with E-state index < -0.39 is 0 Å². The van der Waals surface area contributed by atoms with Gasteiger partial charge in [-0.05, 0) is 61.4 Å². The Balaban J connectivity index is 2.21. The van der Waals surface area contributed by atoms with Crippen LogP contribution in [0.1, 0.15) is 41.2 Å². The van der Waals surface area contributed by atoms with Gasteiger partial charge in [-0.1, -0.05) is 60.0 Å².